The van der Waals surface area contributed by atoms with E-state index in [0.717, 1.165) is 17.0 Å². The van der Waals surface area contributed by atoms with Gasteiger partial charge in [0.1, 0.15) is 5.01 Å². The Morgan fingerprint density at radius 3 is 2.70 bits per heavy atom. The Morgan fingerprint density at radius 2 is 2.05 bits per heavy atom. The van der Waals surface area contributed by atoms with Crippen molar-refractivity contribution in [1.29, 1.82) is 0 Å². The van der Waals surface area contributed by atoms with Gasteiger partial charge in [0.05, 0.1) is 6.42 Å². The van der Waals surface area contributed by atoms with Gasteiger partial charge in [-0.25, -0.2) is 0 Å². The monoisotopic (exact) mass is 306 g/mol. The van der Waals surface area contributed by atoms with Gasteiger partial charge in [0.2, 0.25) is 11.0 Å². The van der Waals surface area contributed by atoms with Crippen molar-refractivity contribution >= 4 is 39.7 Å². The molecule has 7 heteroatoms. The summed E-state index contributed by atoms with van der Waals surface area (Å²) in [6, 6.07) is 9.50. The molecule has 1 amide bonds. The number of amides is 1. The second-order valence-electron chi connectivity index (χ2n) is 4.02. The van der Waals surface area contributed by atoms with Crippen molar-refractivity contribution in [2.75, 3.05) is 5.32 Å². The van der Waals surface area contributed by atoms with Gasteiger partial charge in [0.15, 0.2) is 5.11 Å². The van der Waals surface area contributed by atoms with E-state index in [-0.39, 0.29) is 11.0 Å². The third-order valence-electron chi connectivity index (χ3n) is 2.45. The molecule has 1 aromatic heterocycles. The Bertz CT molecular complexity index is 597. The summed E-state index contributed by atoms with van der Waals surface area (Å²) in [7, 11) is 0. The van der Waals surface area contributed by atoms with Crippen LogP contribution in [0, 0.1) is 0 Å². The molecule has 0 aliphatic heterocycles. The molecular weight excluding hydrogens is 292 g/mol. The highest BCUT2D eigenvalue weighted by molar-refractivity contribution is 7.80. The van der Waals surface area contributed by atoms with Crippen molar-refractivity contribution in [3.05, 3.63) is 40.9 Å². The van der Waals surface area contributed by atoms with Gasteiger partial charge in [-0.05, 0) is 24.2 Å². The van der Waals surface area contributed by atoms with Gasteiger partial charge in [0, 0.05) is 0 Å². The molecule has 0 fully saturated rings. The normalized spacial score (nSPS) is 10.1. The number of nitrogens with zero attached hydrogens (tertiary/aromatic N) is 2. The quantitative estimate of drug-likeness (QED) is 0.847. The summed E-state index contributed by atoms with van der Waals surface area (Å²) in [5.41, 5.74) is 0.942. The maximum absolute atomic E-state index is 11.8. The molecule has 0 spiro atoms. The summed E-state index contributed by atoms with van der Waals surface area (Å²) in [4.78, 5) is 11.8. The topological polar surface area (TPSA) is 66.9 Å². The maximum Gasteiger partial charge on any atom is 0.230 e. The molecule has 20 heavy (non-hydrogen) atoms. The first-order valence-electron chi connectivity index (χ1n) is 6.14. The summed E-state index contributed by atoms with van der Waals surface area (Å²) in [6.45, 7) is 2.00. The average molecular weight is 306 g/mol. The van der Waals surface area contributed by atoms with Crippen molar-refractivity contribution in [3.8, 4) is 0 Å². The van der Waals surface area contributed by atoms with Gasteiger partial charge >= 0.3 is 0 Å². The zero-order valence-electron chi connectivity index (χ0n) is 10.9. The largest absolute Gasteiger partial charge is 0.307 e. The smallest absolute Gasteiger partial charge is 0.230 e. The van der Waals surface area contributed by atoms with Crippen molar-refractivity contribution in [1.82, 2.24) is 15.5 Å². The minimum atomic E-state index is -0.158. The van der Waals surface area contributed by atoms with Crippen LogP contribution in [0.15, 0.2) is 30.3 Å². The van der Waals surface area contributed by atoms with Crippen molar-refractivity contribution in [2.45, 2.75) is 19.8 Å². The average Bonchev–Trinajstić information content (AvgIpc) is 2.87. The van der Waals surface area contributed by atoms with E-state index in [9.17, 15) is 4.79 Å². The number of nitrogens with one attached hydrogen (secondary N) is 2. The first kappa shape index (κ1) is 14.5. The molecule has 0 aliphatic rings. The van der Waals surface area contributed by atoms with Crippen LogP contribution >= 0.6 is 23.6 Å². The number of benzene rings is 1. The van der Waals surface area contributed by atoms with Crippen LogP contribution in [0.5, 0.6) is 0 Å². The first-order chi connectivity index (χ1) is 9.67. The molecule has 0 aliphatic carbocycles. The number of thiocarbonyl (C=S) groups is 1. The predicted octanol–water partition coefficient (Wildman–Crippen LogP) is 2.16. The van der Waals surface area contributed by atoms with E-state index in [1.807, 2.05) is 37.3 Å². The lowest BCUT2D eigenvalue weighted by molar-refractivity contribution is -0.119. The molecule has 0 radical (unpaired) electrons. The van der Waals surface area contributed by atoms with Gasteiger partial charge in [-0.15, -0.1) is 10.2 Å². The highest BCUT2D eigenvalue weighted by Gasteiger charge is 2.08. The molecule has 0 saturated heterocycles. The molecule has 0 saturated carbocycles. The minimum Gasteiger partial charge on any atom is -0.307 e. The van der Waals surface area contributed by atoms with Crippen LogP contribution in [0.3, 0.4) is 0 Å². The number of hydrogen-bond donors (Lipinski definition) is 2. The van der Waals surface area contributed by atoms with Crippen molar-refractivity contribution in [3.63, 3.8) is 0 Å². The zero-order valence-corrected chi connectivity index (χ0v) is 12.6. The van der Waals surface area contributed by atoms with E-state index in [1.54, 1.807) is 0 Å². The maximum atomic E-state index is 11.8. The number of rotatable bonds is 4. The number of hydrogen-bond acceptors (Lipinski definition) is 5. The summed E-state index contributed by atoms with van der Waals surface area (Å²) in [5.74, 6) is -0.158. The number of aromatic nitrogens is 2. The molecular formula is C13H14N4OS2. The molecule has 2 rings (SSSR count). The third-order valence-corrected chi connectivity index (χ3v) is 3.64. The first-order valence-corrected chi connectivity index (χ1v) is 7.37. The van der Waals surface area contributed by atoms with E-state index >= 15 is 0 Å². The summed E-state index contributed by atoms with van der Waals surface area (Å²) in [5, 5.41) is 15.1. The van der Waals surface area contributed by atoms with Gasteiger partial charge in [0.25, 0.3) is 0 Å². The second kappa shape index (κ2) is 7.06. The molecule has 1 heterocycles. The predicted molar refractivity (Wildman–Crippen MR) is 83.8 cm³/mol. The van der Waals surface area contributed by atoms with Crippen LogP contribution in [-0.4, -0.2) is 21.2 Å². The lowest BCUT2D eigenvalue weighted by Crippen LogP contribution is -2.35. The molecule has 0 bridgehead atoms. The Labute approximate surface area is 126 Å². The van der Waals surface area contributed by atoms with E-state index < -0.39 is 0 Å². The molecule has 2 N–H and O–H groups in total. The van der Waals surface area contributed by atoms with Crippen LogP contribution in [0.2, 0.25) is 0 Å². The third kappa shape index (κ3) is 4.36. The Morgan fingerprint density at radius 1 is 1.30 bits per heavy atom. The molecule has 5 nitrogen and oxygen atoms in total. The summed E-state index contributed by atoms with van der Waals surface area (Å²) >= 11 is 6.49. The molecule has 2 aromatic rings. The molecule has 1 aromatic carbocycles. The molecule has 0 atom stereocenters. The highest BCUT2D eigenvalue weighted by atomic mass is 32.1. The molecule has 104 valence electrons. The van der Waals surface area contributed by atoms with Crippen LogP contribution < -0.4 is 10.6 Å². The Hall–Kier alpha value is -1.86. The fourth-order valence-corrected chi connectivity index (χ4v) is 2.49. The van der Waals surface area contributed by atoms with Gasteiger partial charge in [-0.2, -0.15) is 0 Å². The SMILES string of the molecule is CCc1nnc(NC(=S)NC(=O)Cc2ccccc2)s1. The molecule has 0 unspecified atom stereocenters. The Balaban J connectivity index is 1.83. The minimum absolute atomic E-state index is 0.158. The lowest BCUT2D eigenvalue weighted by atomic mass is 10.1. The van der Waals surface area contributed by atoms with Crippen LogP contribution in [0.25, 0.3) is 0 Å². The fraction of sp³-hybridized carbons (Fsp3) is 0.231. The van der Waals surface area contributed by atoms with E-state index in [2.05, 4.69) is 20.8 Å². The fourth-order valence-electron chi connectivity index (χ4n) is 1.53. The van der Waals surface area contributed by atoms with E-state index in [1.165, 1.54) is 11.3 Å². The second-order valence-corrected chi connectivity index (χ2v) is 5.49. The Kier molecular flexibility index (Phi) is 5.14. The summed E-state index contributed by atoms with van der Waals surface area (Å²) < 4.78 is 0. The standard InChI is InChI=1S/C13H14N4OS2/c1-2-11-16-17-13(20-11)15-12(19)14-10(18)8-9-6-4-3-5-7-9/h3-7H,2,8H2,1H3,(H2,14,15,17,18,19). The highest BCUT2D eigenvalue weighted by Crippen LogP contribution is 2.14. The van der Waals surface area contributed by atoms with Crippen molar-refractivity contribution in [2.24, 2.45) is 0 Å². The number of aryl methyl sites for hydroxylation is 1. The lowest BCUT2D eigenvalue weighted by Gasteiger charge is -2.06. The van der Waals surface area contributed by atoms with Gasteiger partial charge < -0.3 is 10.6 Å². The van der Waals surface area contributed by atoms with Gasteiger partial charge in [-0.3, -0.25) is 4.79 Å². The van der Waals surface area contributed by atoms with E-state index in [0.29, 0.717) is 11.6 Å². The van der Waals surface area contributed by atoms with Crippen LogP contribution in [0.1, 0.15) is 17.5 Å². The number of carbonyl (C=O) groups excluding carboxylic acids is 1. The van der Waals surface area contributed by atoms with Crippen LogP contribution in [-0.2, 0) is 17.6 Å². The van der Waals surface area contributed by atoms with Gasteiger partial charge in [-0.1, -0.05) is 48.6 Å². The van der Waals surface area contributed by atoms with Crippen LogP contribution in [0.4, 0.5) is 5.13 Å². The number of anilines is 1. The van der Waals surface area contributed by atoms with E-state index in [4.69, 9.17) is 12.2 Å². The summed E-state index contributed by atoms with van der Waals surface area (Å²) in [6.07, 6.45) is 1.12. The van der Waals surface area contributed by atoms with Crippen molar-refractivity contribution < 1.29 is 4.79 Å². The zero-order chi connectivity index (χ0) is 14.4. The number of carbonyl (C=O) groups is 1.